The fraction of sp³-hybridized carbons (Fsp3) is 0.375. The molecule has 23 heavy (non-hydrogen) atoms. The Morgan fingerprint density at radius 3 is 2.87 bits per heavy atom. The summed E-state index contributed by atoms with van der Waals surface area (Å²) in [7, 11) is 0. The van der Waals surface area contributed by atoms with Gasteiger partial charge in [-0.05, 0) is 48.1 Å². The van der Waals surface area contributed by atoms with Crippen molar-refractivity contribution in [2.75, 3.05) is 12.0 Å². The van der Waals surface area contributed by atoms with Gasteiger partial charge in [0, 0.05) is 19.2 Å². The first-order valence-electron chi connectivity index (χ1n) is 7.26. The van der Waals surface area contributed by atoms with Crippen LogP contribution in [-0.4, -0.2) is 39.6 Å². The number of fused-ring (bicyclic) bond motifs is 1. The van der Waals surface area contributed by atoms with E-state index < -0.39 is 12.0 Å². The summed E-state index contributed by atoms with van der Waals surface area (Å²) in [5.74, 6) is -1.01. The standard InChI is InChI=1S/C16H19FN2O3S/c1-23-9-6-13(16(21)22)18-15(20)5-8-19-7-4-11-2-3-12(17)10-14(11)19/h2-4,7,10,13H,5-6,8-9H2,1H3,(H,18,20)(H,21,22). The summed E-state index contributed by atoms with van der Waals surface area (Å²) in [6.07, 6.45) is 4.21. The number of carboxylic acids is 1. The van der Waals surface area contributed by atoms with Gasteiger partial charge in [0.2, 0.25) is 5.91 Å². The molecular weight excluding hydrogens is 319 g/mol. The number of carbonyl (C=O) groups is 2. The van der Waals surface area contributed by atoms with E-state index in [1.54, 1.807) is 16.8 Å². The number of nitrogens with zero attached hydrogens (tertiary/aromatic N) is 1. The van der Waals surface area contributed by atoms with E-state index in [1.165, 1.54) is 23.9 Å². The normalized spacial score (nSPS) is 12.3. The summed E-state index contributed by atoms with van der Waals surface area (Å²) in [4.78, 5) is 23.1. The zero-order valence-electron chi connectivity index (χ0n) is 12.8. The fourth-order valence-corrected chi connectivity index (χ4v) is 2.81. The Kier molecular flexibility index (Phi) is 6.04. The molecule has 0 aliphatic carbocycles. The van der Waals surface area contributed by atoms with E-state index in [4.69, 9.17) is 5.11 Å². The number of carboxylic acid groups (broad SMARTS) is 1. The summed E-state index contributed by atoms with van der Waals surface area (Å²) in [5, 5.41) is 12.5. The summed E-state index contributed by atoms with van der Waals surface area (Å²) < 4.78 is 15.1. The maximum absolute atomic E-state index is 13.3. The van der Waals surface area contributed by atoms with Crippen LogP contribution in [0.5, 0.6) is 0 Å². The third-order valence-electron chi connectivity index (χ3n) is 3.56. The maximum atomic E-state index is 13.3. The second-order valence-electron chi connectivity index (χ2n) is 5.20. The molecule has 1 aromatic carbocycles. The Morgan fingerprint density at radius 2 is 2.17 bits per heavy atom. The van der Waals surface area contributed by atoms with Crippen molar-refractivity contribution in [3.63, 3.8) is 0 Å². The topological polar surface area (TPSA) is 71.3 Å². The van der Waals surface area contributed by atoms with Gasteiger partial charge < -0.3 is 15.0 Å². The minimum atomic E-state index is -1.03. The molecule has 0 radical (unpaired) electrons. The number of hydrogen-bond donors (Lipinski definition) is 2. The van der Waals surface area contributed by atoms with Crippen molar-refractivity contribution < 1.29 is 19.1 Å². The smallest absolute Gasteiger partial charge is 0.326 e. The number of amides is 1. The molecule has 1 atom stereocenters. The van der Waals surface area contributed by atoms with Crippen LogP contribution in [0.1, 0.15) is 12.8 Å². The number of halogens is 1. The molecule has 1 amide bonds. The summed E-state index contributed by atoms with van der Waals surface area (Å²) in [6.45, 7) is 0.369. The van der Waals surface area contributed by atoms with Gasteiger partial charge in [-0.15, -0.1) is 0 Å². The van der Waals surface area contributed by atoms with Crippen molar-refractivity contribution in [1.82, 2.24) is 9.88 Å². The van der Waals surface area contributed by atoms with Crippen LogP contribution in [0.4, 0.5) is 4.39 Å². The van der Waals surface area contributed by atoms with Gasteiger partial charge in [-0.3, -0.25) is 4.79 Å². The van der Waals surface area contributed by atoms with Gasteiger partial charge in [-0.25, -0.2) is 9.18 Å². The number of benzene rings is 1. The molecule has 2 rings (SSSR count). The minimum absolute atomic E-state index is 0.142. The first-order valence-corrected chi connectivity index (χ1v) is 8.66. The molecule has 0 aliphatic heterocycles. The monoisotopic (exact) mass is 338 g/mol. The lowest BCUT2D eigenvalue weighted by atomic mass is 10.2. The molecular formula is C16H19FN2O3S. The number of nitrogens with one attached hydrogen (secondary N) is 1. The highest BCUT2D eigenvalue weighted by molar-refractivity contribution is 7.98. The van der Waals surface area contributed by atoms with Gasteiger partial charge in [0.15, 0.2) is 0 Å². The van der Waals surface area contributed by atoms with Crippen molar-refractivity contribution in [2.24, 2.45) is 0 Å². The Bertz CT molecular complexity index is 702. The van der Waals surface area contributed by atoms with Crippen LogP contribution in [-0.2, 0) is 16.1 Å². The number of thioether (sulfide) groups is 1. The molecule has 1 unspecified atom stereocenters. The number of aliphatic carboxylic acids is 1. The average Bonchev–Trinajstić information content (AvgIpc) is 2.91. The lowest BCUT2D eigenvalue weighted by Crippen LogP contribution is -2.41. The summed E-state index contributed by atoms with van der Waals surface area (Å²) in [5.41, 5.74) is 0.718. The zero-order valence-corrected chi connectivity index (χ0v) is 13.6. The molecule has 1 heterocycles. The van der Waals surface area contributed by atoms with E-state index >= 15 is 0 Å². The Labute approximate surface area is 137 Å². The molecule has 2 N–H and O–H groups in total. The number of hydrogen-bond acceptors (Lipinski definition) is 3. The molecule has 2 aromatic rings. The van der Waals surface area contributed by atoms with E-state index in [0.717, 1.165) is 10.9 Å². The highest BCUT2D eigenvalue weighted by Gasteiger charge is 2.19. The van der Waals surface area contributed by atoms with Crippen molar-refractivity contribution in [3.8, 4) is 0 Å². The zero-order chi connectivity index (χ0) is 16.8. The van der Waals surface area contributed by atoms with Gasteiger partial charge in [-0.2, -0.15) is 11.8 Å². The molecule has 0 fully saturated rings. The highest BCUT2D eigenvalue weighted by Crippen LogP contribution is 2.17. The quantitative estimate of drug-likeness (QED) is 0.776. The summed E-state index contributed by atoms with van der Waals surface area (Å²) >= 11 is 1.53. The van der Waals surface area contributed by atoms with Crippen molar-refractivity contribution in [1.29, 1.82) is 0 Å². The third kappa shape index (κ3) is 4.72. The van der Waals surface area contributed by atoms with Crippen LogP contribution < -0.4 is 5.32 Å². The fourth-order valence-electron chi connectivity index (χ4n) is 2.33. The lowest BCUT2D eigenvalue weighted by Gasteiger charge is -2.14. The van der Waals surface area contributed by atoms with E-state index in [1.807, 2.05) is 12.3 Å². The van der Waals surface area contributed by atoms with Gasteiger partial charge in [0.05, 0.1) is 5.52 Å². The van der Waals surface area contributed by atoms with E-state index in [0.29, 0.717) is 18.7 Å². The molecule has 5 nitrogen and oxygen atoms in total. The lowest BCUT2D eigenvalue weighted by molar-refractivity contribution is -0.141. The van der Waals surface area contributed by atoms with E-state index in [-0.39, 0.29) is 18.1 Å². The van der Waals surface area contributed by atoms with Gasteiger partial charge in [-0.1, -0.05) is 0 Å². The molecule has 0 saturated carbocycles. The second kappa shape index (κ2) is 8.01. The number of aryl methyl sites for hydroxylation is 1. The Balaban J connectivity index is 1.94. The van der Waals surface area contributed by atoms with Crippen molar-refractivity contribution in [2.45, 2.75) is 25.4 Å². The van der Waals surface area contributed by atoms with Crippen LogP contribution in [0.3, 0.4) is 0 Å². The highest BCUT2D eigenvalue weighted by atomic mass is 32.2. The van der Waals surface area contributed by atoms with Crippen LogP contribution in [0.25, 0.3) is 10.9 Å². The Hall–Kier alpha value is -2.02. The maximum Gasteiger partial charge on any atom is 0.326 e. The largest absolute Gasteiger partial charge is 0.480 e. The van der Waals surface area contributed by atoms with E-state index in [2.05, 4.69) is 5.32 Å². The van der Waals surface area contributed by atoms with Crippen molar-refractivity contribution in [3.05, 3.63) is 36.3 Å². The van der Waals surface area contributed by atoms with Crippen molar-refractivity contribution >= 4 is 34.5 Å². The van der Waals surface area contributed by atoms with Crippen LogP contribution in [0, 0.1) is 5.82 Å². The third-order valence-corrected chi connectivity index (χ3v) is 4.20. The van der Waals surface area contributed by atoms with Gasteiger partial charge in [0.1, 0.15) is 11.9 Å². The number of aromatic nitrogens is 1. The first-order chi connectivity index (χ1) is 11.0. The molecule has 0 bridgehead atoms. The number of carbonyl (C=O) groups excluding carboxylic acids is 1. The molecule has 0 spiro atoms. The predicted molar refractivity (Wildman–Crippen MR) is 89.1 cm³/mol. The molecule has 1 aromatic heterocycles. The molecule has 124 valence electrons. The van der Waals surface area contributed by atoms with Gasteiger partial charge in [0.25, 0.3) is 0 Å². The molecule has 0 aliphatic rings. The van der Waals surface area contributed by atoms with Crippen LogP contribution in [0.15, 0.2) is 30.5 Å². The van der Waals surface area contributed by atoms with Crippen LogP contribution >= 0.6 is 11.8 Å². The molecule has 0 saturated heterocycles. The van der Waals surface area contributed by atoms with Gasteiger partial charge >= 0.3 is 5.97 Å². The van der Waals surface area contributed by atoms with Crippen LogP contribution in [0.2, 0.25) is 0 Å². The second-order valence-corrected chi connectivity index (χ2v) is 6.19. The SMILES string of the molecule is CSCCC(NC(=O)CCn1ccc2ccc(F)cc21)C(=O)O. The first kappa shape index (κ1) is 17.3. The minimum Gasteiger partial charge on any atom is -0.480 e. The summed E-state index contributed by atoms with van der Waals surface area (Å²) in [6, 6.07) is 5.48. The molecule has 7 heteroatoms. The number of rotatable bonds is 8. The predicted octanol–water partition coefficient (Wildman–Crippen LogP) is 2.49. The Morgan fingerprint density at radius 1 is 1.39 bits per heavy atom. The van der Waals surface area contributed by atoms with E-state index in [9.17, 15) is 14.0 Å². The average molecular weight is 338 g/mol.